The summed E-state index contributed by atoms with van der Waals surface area (Å²) in [6.45, 7) is 0. The van der Waals surface area contributed by atoms with Crippen molar-refractivity contribution in [1.82, 2.24) is 4.98 Å². The minimum Gasteiger partial charge on any atom is -0.406 e. The molecule has 22 heavy (non-hydrogen) atoms. The Bertz CT molecular complexity index is 689. The van der Waals surface area contributed by atoms with Crippen LogP contribution in [0.5, 0.6) is 5.75 Å². The Kier molecular flexibility index (Phi) is 4.51. The summed E-state index contributed by atoms with van der Waals surface area (Å²) in [7, 11) is 0. The summed E-state index contributed by atoms with van der Waals surface area (Å²) in [5.41, 5.74) is -0.0165. The third kappa shape index (κ3) is 4.32. The molecule has 0 bridgehead atoms. The zero-order chi connectivity index (χ0) is 16.3. The van der Waals surface area contributed by atoms with Crippen LogP contribution < -0.4 is 10.1 Å². The van der Waals surface area contributed by atoms with Gasteiger partial charge in [-0.1, -0.05) is 11.6 Å². The number of alkyl halides is 3. The van der Waals surface area contributed by atoms with Gasteiger partial charge in [0.15, 0.2) is 0 Å². The van der Waals surface area contributed by atoms with E-state index in [2.05, 4.69) is 15.0 Å². The summed E-state index contributed by atoms with van der Waals surface area (Å²) in [5, 5.41) is 2.15. The van der Waals surface area contributed by atoms with Gasteiger partial charge in [0.25, 0.3) is 5.91 Å². The highest BCUT2D eigenvalue weighted by Crippen LogP contribution is 2.24. The molecule has 0 atom stereocenters. The maximum Gasteiger partial charge on any atom is 0.573 e. The normalized spacial score (nSPS) is 11.1. The lowest BCUT2D eigenvalue weighted by molar-refractivity contribution is -0.274. The number of aromatic nitrogens is 1. The average molecular weight is 335 g/mol. The predicted octanol–water partition coefficient (Wildman–Crippen LogP) is 4.03. The number of carbonyl (C=O) groups is 1. The van der Waals surface area contributed by atoms with E-state index in [4.69, 9.17) is 11.6 Å². The van der Waals surface area contributed by atoms with Crippen LogP contribution in [0.4, 0.5) is 23.2 Å². The van der Waals surface area contributed by atoms with Crippen molar-refractivity contribution < 1.29 is 27.1 Å². The Labute approximate surface area is 126 Å². The van der Waals surface area contributed by atoms with Crippen LogP contribution in [0, 0.1) is 5.82 Å². The van der Waals surface area contributed by atoms with E-state index in [0.29, 0.717) is 0 Å². The summed E-state index contributed by atoms with van der Waals surface area (Å²) in [6, 6.07) is 5.33. The molecule has 1 amide bonds. The Morgan fingerprint density at radius 1 is 1.23 bits per heavy atom. The summed E-state index contributed by atoms with van der Waals surface area (Å²) in [6.07, 6.45) is -3.95. The minimum absolute atomic E-state index is 0.180. The van der Waals surface area contributed by atoms with E-state index in [1.165, 1.54) is 12.1 Å². The topological polar surface area (TPSA) is 51.2 Å². The second-order valence-corrected chi connectivity index (χ2v) is 4.38. The number of anilines is 1. The molecule has 4 nitrogen and oxygen atoms in total. The van der Waals surface area contributed by atoms with Crippen molar-refractivity contribution >= 4 is 23.2 Å². The molecule has 1 aromatic heterocycles. The molecule has 0 saturated heterocycles. The first-order chi connectivity index (χ1) is 10.2. The first-order valence-corrected chi connectivity index (χ1v) is 6.10. The number of nitrogens with zero attached hydrogens (tertiary/aromatic N) is 1. The van der Waals surface area contributed by atoms with Crippen LogP contribution in [0.25, 0.3) is 0 Å². The molecule has 0 spiro atoms. The predicted molar refractivity (Wildman–Crippen MR) is 70.3 cm³/mol. The molecule has 9 heteroatoms. The monoisotopic (exact) mass is 334 g/mol. The highest BCUT2D eigenvalue weighted by atomic mass is 35.5. The zero-order valence-electron chi connectivity index (χ0n) is 10.6. The molecular formula is C13H7ClF4N2O2. The van der Waals surface area contributed by atoms with Gasteiger partial charge >= 0.3 is 6.36 Å². The van der Waals surface area contributed by atoms with Gasteiger partial charge in [-0.2, -0.15) is 0 Å². The Balaban J connectivity index is 2.10. The number of amides is 1. The van der Waals surface area contributed by atoms with E-state index in [1.54, 1.807) is 0 Å². The van der Waals surface area contributed by atoms with Crippen LogP contribution in [0.3, 0.4) is 0 Å². The lowest BCUT2D eigenvalue weighted by Gasteiger charge is -2.10. The number of benzene rings is 1. The van der Waals surface area contributed by atoms with Gasteiger partial charge in [-0.05, 0) is 30.3 Å². The molecule has 2 rings (SSSR count). The first-order valence-electron chi connectivity index (χ1n) is 5.73. The van der Waals surface area contributed by atoms with E-state index in [9.17, 15) is 22.4 Å². The van der Waals surface area contributed by atoms with Gasteiger partial charge in [0.1, 0.15) is 16.7 Å². The second kappa shape index (κ2) is 6.18. The molecule has 0 unspecified atom stereocenters. The molecule has 0 aliphatic rings. The van der Waals surface area contributed by atoms with Gasteiger partial charge in [-0.15, -0.1) is 13.2 Å². The van der Waals surface area contributed by atoms with Crippen molar-refractivity contribution in [2.75, 3.05) is 5.32 Å². The molecule has 1 aromatic carbocycles. The highest BCUT2D eigenvalue weighted by Gasteiger charge is 2.30. The summed E-state index contributed by atoms with van der Waals surface area (Å²) in [5.74, 6) is -1.93. The van der Waals surface area contributed by atoms with Gasteiger partial charge in [0.05, 0.1) is 11.8 Å². The second-order valence-electron chi connectivity index (χ2n) is 4.02. The van der Waals surface area contributed by atoms with Gasteiger partial charge in [0.2, 0.25) is 0 Å². The number of hydrogen-bond acceptors (Lipinski definition) is 3. The summed E-state index contributed by atoms with van der Waals surface area (Å²) < 4.78 is 52.7. The lowest BCUT2D eigenvalue weighted by Crippen LogP contribution is -2.17. The van der Waals surface area contributed by atoms with Crippen LogP contribution in [-0.4, -0.2) is 17.3 Å². The van der Waals surface area contributed by atoms with Crippen molar-refractivity contribution in [2.45, 2.75) is 6.36 Å². The Morgan fingerprint density at radius 3 is 2.45 bits per heavy atom. The summed E-state index contributed by atoms with van der Waals surface area (Å²) >= 11 is 5.67. The SMILES string of the molecule is O=C(Nc1ccc(OC(F)(F)F)cc1)c1cc(F)cnc1Cl. The maximum absolute atomic E-state index is 13.0. The zero-order valence-corrected chi connectivity index (χ0v) is 11.4. The standard InChI is InChI=1S/C13H7ClF4N2O2/c14-11-10(5-7(15)6-19-11)12(21)20-8-1-3-9(4-2-8)22-13(16,17)18/h1-6H,(H,20,21). The Hall–Kier alpha value is -2.35. The smallest absolute Gasteiger partial charge is 0.406 e. The number of hydrogen-bond donors (Lipinski definition) is 1. The molecule has 2 aromatic rings. The van der Waals surface area contributed by atoms with Crippen LogP contribution in [-0.2, 0) is 0 Å². The van der Waals surface area contributed by atoms with Crippen molar-refractivity contribution in [2.24, 2.45) is 0 Å². The molecule has 116 valence electrons. The highest BCUT2D eigenvalue weighted by molar-refractivity contribution is 6.33. The van der Waals surface area contributed by atoms with Crippen molar-refractivity contribution in [3.8, 4) is 5.75 Å². The fraction of sp³-hybridized carbons (Fsp3) is 0.0769. The number of carbonyl (C=O) groups excluding carboxylic acids is 1. The summed E-state index contributed by atoms with van der Waals surface area (Å²) in [4.78, 5) is 15.4. The average Bonchev–Trinajstić information content (AvgIpc) is 2.42. The van der Waals surface area contributed by atoms with E-state index < -0.39 is 23.8 Å². The van der Waals surface area contributed by atoms with E-state index in [1.807, 2.05) is 0 Å². The maximum atomic E-state index is 13.0. The molecule has 0 radical (unpaired) electrons. The minimum atomic E-state index is -4.80. The number of halogens is 5. The van der Waals surface area contributed by atoms with Gasteiger partial charge in [0, 0.05) is 5.69 Å². The molecule has 0 aliphatic carbocycles. The van der Waals surface area contributed by atoms with Gasteiger partial charge in [-0.3, -0.25) is 4.79 Å². The molecule has 1 heterocycles. The van der Waals surface area contributed by atoms with Crippen LogP contribution in [0.15, 0.2) is 36.5 Å². The van der Waals surface area contributed by atoms with Crippen LogP contribution >= 0.6 is 11.6 Å². The van der Waals surface area contributed by atoms with E-state index >= 15 is 0 Å². The lowest BCUT2D eigenvalue weighted by atomic mass is 10.2. The molecule has 0 fully saturated rings. The van der Waals surface area contributed by atoms with Crippen LogP contribution in [0.2, 0.25) is 5.15 Å². The number of ether oxygens (including phenoxy) is 1. The third-order valence-electron chi connectivity index (χ3n) is 2.40. The molecule has 0 aliphatic heterocycles. The number of pyridine rings is 1. The fourth-order valence-corrected chi connectivity index (χ4v) is 1.71. The van der Waals surface area contributed by atoms with Gasteiger partial charge in [-0.25, -0.2) is 9.37 Å². The Morgan fingerprint density at radius 2 is 1.86 bits per heavy atom. The molecule has 1 N–H and O–H groups in total. The van der Waals surface area contributed by atoms with Gasteiger partial charge < -0.3 is 10.1 Å². The number of rotatable bonds is 3. The largest absolute Gasteiger partial charge is 0.573 e. The number of nitrogens with one attached hydrogen (secondary N) is 1. The fourth-order valence-electron chi connectivity index (χ4n) is 1.52. The first kappa shape index (κ1) is 16.0. The molecule has 0 saturated carbocycles. The quantitative estimate of drug-likeness (QED) is 0.681. The van der Waals surface area contributed by atoms with E-state index in [-0.39, 0.29) is 16.4 Å². The third-order valence-corrected chi connectivity index (χ3v) is 2.70. The molecular weight excluding hydrogens is 328 g/mol. The van der Waals surface area contributed by atoms with Crippen molar-refractivity contribution in [1.29, 1.82) is 0 Å². The van der Waals surface area contributed by atoms with Crippen LogP contribution in [0.1, 0.15) is 10.4 Å². The van der Waals surface area contributed by atoms with E-state index in [0.717, 1.165) is 24.4 Å². The van der Waals surface area contributed by atoms with Crippen molar-refractivity contribution in [3.05, 3.63) is 53.1 Å². The van der Waals surface area contributed by atoms with Crippen molar-refractivity contribution in [3.63, 3.8) is 0 Å².